The monoisotopic (exact) mass is 518 g/mol. The van der Waals surface area contributed by atoms with Crippen LogP contribution in [0.15, 0.2) is 52.4 Å². The molecule has 35 heavy (non-hydrogen) atoms. The average molecular weight is 519 g/mol. The number of carbonyl (C=O) groups is 2. The normalized spacial score (nSPS) is 15.4. The molecule has 1 aliphatic heterocycles. The van der Waals surface area contributed by atoms with Gasteiger partial charge in [-0.05, 0) is 43.3 Å². The maximum atomic E-state index is 13.0. The molecule has 2 heterocycles. The molecule has 2 aromatic carbocycles. The predicted octanol–water partition coefficient (Wildman–Crippen LogP) is 2.45. The summed E-state index contributed by atoms with van der Waals surface area (Å²) in [6.07, 6.45) is -0.443. The molecule has 0 bridgehead atoms. The number of fused-ring (bicyclic) bond motifs is 1. The van der Waals surface area contributed by atoms with E-state index in [0.717, 1.165) is 10.2 Å². The molecule has 186 valence electrons. The highest BCUT2D eigenvalue weighted by atomic mass is 32.2. The third kappa shape index (κ3) is 4.95. The number of para-hydroxylation sites is 1. The predicted molar refractivity (Wildman–Crippen MR) is 131 cm³/mol. The molecular formula is C23H26N4O6S2. The Balaban J connectivity index is 1.51. The minimum Gasteiger partial charge on any atom is -0.495 e. The SMILES string of the molecule is CCOC(=O)N1CCN(S(=O)(=O)c2ccc(C(=O)N=c3sc4cccc(OC)c4n3C)cc2)CC1. The first-order valence-corrected chi connectivity index (χ1v) is 13.3. The molecule has 0 atom stereocenters. The minimum atomic E-state index is -3.76. The molecule has 0 unspecified atom stereocenters. The molecule has 10 nitrogen and oxygen atoms in total. The first-order valence-electron chi connectivity index (χ1n) is 11.0. The second-order valence-corrected chi connectivity index (χ2v) is 10.7. The molecule has 0 saturated carbocycles. The lowest BCUT2D eigenvalue weighted by atomic mass is 10.2. The Hall–Kier alpha value is -3.22. The number of aromatic nitrogens is 1. The lowest BCUT2D eigenvalue weighted by Gasteiger charge is -2.33. The Labute approximate surface area is 207 Å². The standard InChI is InChI=1S/C23H26N4O6S2/c1-4-33-23(29)26-12-14-27(15-13-26)35(30,31)17-10-8-16(9-11-17)21(28)24-22-25(2)20-18(32-3)6-5-7-19(20)34-22/h5-11H,4,12-15H2,1-3H3. The number of carbonyl (C=O) groups excluding carboxylic acids is 2. The van der Waals surface area contributed by atoms with E-state index in [1.165, 1.54) is 44.8 Å². The Bertz CT molecular complexity index is 1420. The molecule has 4 rings (SSSR count). The van der Waals surface area contributed by atoms with Crippen molar-refractivity contribution in [2.75, 3.05) is 39.9 Å². The number of ether oxygens (including phenoxy) is 2. The van der Waals surface area contributed by atoms with Crippen LogP contribution >= 0.6 is 11.3 Å². The van der Waals surface area contributed by atoms with Crippen molar-refractivity contribution in [3.63, 3.8) is 0 Å². The van der Waals surface area contributed by atoms with Gasteiger partial charge in [-0.3, -0.25) is 4.79 Å². The zero-order chi connectivity index (χ0) is 25.2. The van der Waals surface area contributed by atoms with Crippen LogP contribution < -0.4 is 9.54 Å². The molecule has 1 aliphatic rings. The molecule has 1 saturated heterocycles. The molecule has 0 spiro atoms. The number of sulfonamides is 1. The van der Waals surface area contributed by atoms with E-state index in [4.69, 9.17) is 9.47 Å². The summed E-state index contributed by atoms with van der Waals surface area (Å²) < 4.78 is 40.5. The summed E-state index contributed by atoms with van der Waals surface area (Å²) in [7, 11) is -0.362. The molecular weight excluding hydrogens is 492 g/mol. The lowest BCUT2D eigenvalue weighted by molar-refractivity contribution is 0.0933. The fourth-order valence-electron chi connectivity index (χ4n) is 3.84. The molecule has 1 fully saturated rings. The number of benzene rings is 2. The fourth-order valence-corrected chi connectivity index (χ4v) is 6.29. The number of methoxy groups -OCH3 is 1. The summed E-state index contributed by atoms with van der Waals surface area (Å²) in [6, 6.07) is 11.4. The van der Waals surface area contributed by atoms with Crippen LogP contribution in [0.4, 0.5) is 4.79 Å². The van der Waals surface area contributed by atoms with E-state index >= 15 is 0 Å². The van der Waals surface area contributed by atoms with Gasteiger partial charge in [-0.2, -0.15) is 9.30 Å². The van der Waals surface area contributed by atoms with Crippen molar-refractivity contribution in [2.24, 2.45) is 12.0 Å². The zero-order valence-corrected chi connectivity index (χ0v) is 21.3. The lowest BCUT2D eigenvalue weighted by Crippen LogP contribution is -2.50. The Morgan fingerprint density at radius 1 is 1.06 bits per heavy atom. The van der Waals surface area contributed by atoms with E-state index in [1.54, 1.807) is 18.6 Å². The quantitative estimate of drug-likeness (QED) is 0.513. The largest absolute Gasteiger partial charge is 0.495 e. The summed E-state index contributed by atoms with van der Waals surface area (Å²) in [4.78, 5) is 31.0. The van der Waals surface area contributed by atoms with Crippen molar-refractivity contribution >= 4 is 43.6 Å². The highest BCUT2D eigenvalue weighted by Crippen LogP contribution is 2.26. The van der Waals surface area contributed by atoms with Crippen LogP contribution in [0.2, 0.25) is 0 Å². The minimum absolute atomic E-state index is 0.0794. The van der Waals surface area contributed by atoms with Crippen LogP contribution in [0.25, 0.3) is 10.2 Å². The molecule has 0 aliphatic carbocycles. The molecule has 3 aromatic rings. The summed E-state index contributed by atoms with van der Waals surface area (Å²) in [5.74, 6) is 0.214. The number of hydrogen-bond donors (Lipinski definition) is 0. The third-order valence-electron chi connectivity index (χ3n) is 5.71. The number of nitrogens with zero attached hydrogens (tertiary/aromatic N) is 4. The van der Waals surface area contributed by atoms with Gasteiger partial charge >= 0.3 is 6.09 Å². The highest BCUT2D eigenvalue weighted by molar-refractivity contribution is 7.89. The van der Waals surface area contributed by atoms with Gasteiger partial charge in [-0.25, -0.2) is 13.2 Å². The summed E-state index contributed by atoms with van der Waals surface area (Å²) >= 11 is 1.36. The maximum Gasteiger partial charge on any atom is 0.409 e. The number of thiazole rings is 1. The molecule has 0 N–H and O–H groups in total. The van der Waals surface area contributed by atoms with Crippen LogP contribution in [0.1, 0.15) is 17.3 Å². The van der Waals surface area contributed by atoms with Gasteiger partial charge < -0.3 is 18.9 Å². The summed E-state index contributed by atoms with van der Waals surface area (Å²) in [6.45, 7) is 2.84. The first kappa shape index (κ1) is 24.9. The number of amides is 2. The first-order chi connectivity index (χ1) is 16.8. The smallest absolute Gasteiger partial charge is 0.409 e. The molecule has 2 amide bonds. The van der Waals surface area contributed by atoms with Gasteiger partial charge in [-0.15, -0.1) is 0 Å². The average Bonchev–Trinajstić information content (AvgIpc) is 3.19. The van der Waals surface area contributed by atoms with E-state index < -0.39 is 22.0 Å². The molecule has 12 heteroatoms. The van der Waals surface area contributed by atoms with Crippen LogP contribution in [0, 0.1) is 0 Å². The van der Waals surface area contributed by atoms with Crippen LogP contribution in [0.3, 0.4) is 0 Å². The van der Waals surface area contributed by atoms with Gasteiger partial charge in [0.2, 0.25) is 10.0 Å². The van der Waals surface area contributed by atoms with Crippen molar-refractivity contribution in [3.05, 3.63) is 52.8 Å². The topological polar surface area (TPSA) is 111 Å². The van der Waals surface area contributed by atoms with E-state index in [9.17, 15) is 18.0 Å². The Morgan fingerprint density at radius 2 is 1.74 bits per heavy atom. The van der Waals surface area contributed by atoms with Gasteiger partial charge in [0.25, 0.3) is 5.91 Å². The zero-order valence-electron chi connectivity index (χ0n) is 19.6. The maximum absolute atomic E-state index is 13.0. The van der Waals surface area contributed by atoms with Crippen molar-refractivity contribution in [1.82, 2.24) is 13.8 Å². The summed E-state index contributed by atoms with van der Waals surface area (Å²) in [5.41, 5.74) is 1.12. The Morgan fingerprint density at radius 3 is 2.37 bits per heavy atom. The van der Waals surface area contributed by atoms with Gasteiger partial charge in [0.05, 0.1) is 23.3 Å². The van der Waals surface area contributed by atoms with Crippen LogP contribution in [-0.2, 0) is 21.8 Å². The van der Waals surface area contributed by atoms with E-state index in [2.05, 4.69) is 4.99 Å². The number of aryl methyl sites for hydroxylation is 1. The van der Waals surface area contributed by atoms with Gasteiger partial charge in [-0.1, -0.05) is 17.4 Å². The number of piperazine rings is 1. The number of rotatable bonds is 5. The van der Waals surface area contributed by atoms with Crippen LogP contribution in [-0.4, -0.2) is 74.1 Å². The van der Waals surface area contributed by atoms with Crippen LogP contribution in [0.5, 0.6) is 5.75 Å². The molecule has 0 radical (unpaired) electrons. The second-order valence-electron chi connectivity index (χ2n) is 7.78. The van der Waals surface area contributed by atoms with E-state index in [1.807, 2.05) is 25.2 Å². The van der Waals surface area contributed by atoms with Crippen molar-refractivity contribution in [3.8, 4) is 5.75 Å². The second kappa shape index (κ2) is 10.2. The van der Waals surface area contributed by atoms with E-state index in [0.29, 0.717) is 10.6 Å². The van der Waals surface area contributed by atoms with Gasteiger partial charge in [0.1, 0.15) is 11.3 Å². The number of hydrogen-bond acceptors (Lipinski definition) is 7. The fraction of sp³-hybridized carbons (Fsp3) is 0.348. The van der Waals surface area contributed by atoms with E-state index in [-0.39, 0.29) is 43.2 Å². The Kier molecular flexibility index (Phi) is 7.24. The van der Waals surface area contributed by atoms with Gasteiger partial charge in [0.15, 0.2) is 4.80 Å². The molecule has 1 aromatic heterocycles. The summed E-state index contributed by atoms with van der Waals surface area (Å²) in [5, 5.41) is 0. The third-order valence-corrected chi connectivity index (χ3v) is 8.72. The van der Waals surface area contributed by atoms with Crippen molar-refractivity contribution in [1.29, 1.82) is 0 Å². The van der Waals surface area contributed by atoms with Crippen molar-refractivity contribution < 1.29 is 27.5 Å². The highest BCUT2D eigenvalue weighted by Gasteiger charge is 2.30. The van der Waals surface area contributed by atoms with Gasteiger partial charge in [0, 0.05) is 38.8 Å². The van der Waals surface area contributed by atoms with Crippen molar-refractivity contribution in [2.45, 2.75) is 11.8 Å².